The zero-order chi connectivity index (χ0) is 13.7. The highest BCUT2D eigenvalue weighted by Gasteiger charge is 2.24. The highest BCUT2D eigenvalue weighted by Crippen LogP contribution is 2.19. The van der Waals surface area contributed by atoms with Crippen LogP contribution in [-0.4, -0.2) is 31.7 Å². The van der Waals surface area contributed by atoms with Crippen molar-refractivity contribution < 1.29 is 9.53 Å². The summed E-state index contributed by atoms with van der Waals surface area (Å²) in [6.07, 6.45) is 0.433. The monoisotopic (exact) mass is 282 g/mol. The van der Waals surface area contributed by atoms with Crippen LogP contribution >= 0.6 is 11.6 Å². The predicted molar refractivity (Wildman–Crippen MR) is 75.2 cm³/mol. The molecule has 0 aliphatic carbocycles. The molecule has 0 spiro atoms. The van der Waals surface area contributed by atoms with Crippen molar-refractivity contribution in [3.63, 3.8) is 0 Å². The van der Waals surface area contributed by atoms with Crippen LogP contribution in [-0.2, 0) is 9.53 Å². The van der Waals surface area contributed by atoms with Gasteiger partial charge in [0.25, 0.3) is 5.91 Å². The van der Waals surface area contributed by atoms with Gasteiger partial charge in [-0.1, -0.05) is 30.7 Å². The zero-order valence-electron chi connectivity index (χ0n) is 11.0. The van der Waals surface area contributed by atoms with E-state index in [2.05, 4.69) is 10.6 Å². The Balaban J connectivity index is 1.98. The fourth-order valence-corrected chi connectivity index (χ4v) is 2.24. The van der Waals surface area contributed by atoms with E-state index >= 15 is 0 Å². The van der Waals surface area contributed by atoms with E-state index in [1.165, 1.54) is 0 Å². The summed E-state index contributed by atoms with van der Waals surface area (Å²) in [7, 11) is 0. The van der Waals surface area contributed by atoms with Gasteiger partial charge in [0.15, 0.2) is 0 Å². The van der Waals surface area contributed by atoms with Crippen molar-refractivity contribution in [2.45, 2.75) is 25.5 Å². The molecule has 1 heterocycles. The Labute approximate surface area is 118 Å². The fraction of sp³-hybridized carbons (Fsp3) is 0.500. The average Bonchev–Trinajstić information content (AvgIpc) is 2.46. The Kier molecular flexibility index (Phi) is 5.19. The lowest BCUT2D eigenvalue weighted by atomic mass is 10.0. The quantitative estimate of drug-likeness (QED) is 0.887. The highest BCUT2D eigenvalue weighted by atomic mass is 35.5. The summed E-state index contributed by atoms with van der Waals surface area (Å²) in [5.41, 5.74) is 1.06. The van der Waals surface area contributed by atoms with Gasteiger partial charge in [-0.2, -0.15) is 0 Å². The zero-order valence-corrected chi connectivity index (χ0v) is 11.7. The van der Waals surface area contributed by atoms with Crippen molar-refractivity contribution in [1.29, 1.82) is 0 Å². The highest BCUT2D eigenvalue weighted by molar-refractivity contribution is 6.30. The number of carbonyl (C=O) groups is 1. The number of hydrogen-bond donors (Lipinski definition) is 2. The Morgan fingerprint density at radius 1 is 1.53 bits per heavy atom. The molecule has 5 heteroatoms. The number of carbonyl (C=O) groups excluding carboxylic acids is 1. The van der Waals surface area contributed by atoms with Crippen LogP contribution in [0.5, 0.6) is 0 Å². The Morgan fingerprint density at radius 2 is 2.26 bits per heavy atom. The summed E-state index contributed by atoms with van der Waals surface area (Å²) in [4.78, 5) is 12.1. The van der Waals surface area contributed by atoms with Crippen LogP contribution in [0.2, 0.25) is 5.02 Å². The molecule has 104 valence electrons. The standard InChI is InChI=1S/C14H19ClN2O2/c1-2-12(10-3-5-11(15)6-4-10)17-14(18)13-9-16-7-8-19-13/h3-6,12-13,16H,2,7-9H2,1H3,(H,17,18). The van der Waals surface area contributed by atoms with E-state index < -0.39 is 6.10 Å². The van der Waals surface area contributed by atoms with Gasteiger partial charge >= 0.3 is 0 Å². The van der Waals surface area contributed by atoms with Crippen LogP contribution in [0, 0.1) is 0 Å². The number of hydrogen-bond acceptors (Lipinski definition) is 3. The lowest BCUT2D eigenvalue weighted by Crippen LogP contribution is -2.48. The smallest absolute Gasteiger partial charge is 0.250 e. The summed E-state index contributed by atoms with van der Waals surface area (Å²) in [5, 5.41) is 6.87. The number of benzene rings is 1. The maximum atomic E-state index is 12.1. The predicted octanol–water partition coefficient (Wildman–Crippen LogP) is 1.90. The largest absolute Gasteiger partial charge is 0.366 e. The van der Waals surface area contributed by atoms with Gasteiger partial charge < -0.3 is 15.4 Å². The van der Waals surface area contributed by atoms with Crippen molar-refractivity contribution in [2.24, 2.45) is 0 Å². The van der Waals surface area contributed by atoms with Gasteiger partial charge in [-0.15, -0.1) is 0 Å². The molecule has 1 aromatic carbocycles. The number of nitrogens with one attached hydrogen (secondary N) is 2. The minimum absolute atomic E-state index is 0.00436. The lowest BCUT2D eigenvalue weighted by Gasteiger charge is -2.25. The molecule has 2 atom stereocenters. The van der Waals surface area contributed by atoms with Gasteiger partial charge in [0.05, 0.1) is 12.6 Å². The van der Waals surface area contributed by atoms with Crippen LogP contribution in [0.25, 0.3) is 0 Å². The summed E-state index contributed by atoms with van der Waals surface area (Å²) >= 11 is 5.87. The molecule has 1 saturated heterocycles. The first-order valence-electron chi connectivity index (χ1n) is 6.59. The van der Waals surface area contributed by atoms with Crippen LogP contribution in [0.1, 0.15) is 24.9 Å². The first-order valence-corrected chi connectivity index (χ1v) is 6.96. The van der Waals surface area contributed by atoms with Gasteiger partial charge in [-0.25, -0.2) is 0 Å². The molecule has 2 unspecified atom stereocenters. The topological polar surface area (TPSA) is 50.4 Å². The molecule has 1 aromatic rings. The summed E-state index contributed by atoms with van der Waals surface area (Å²) in [6, 6.07) is 7.55. The van der Waals surface area contributed by atoms with Crippen LogP contribution < -0.4 is 10.6 Å². The first kappa shape index (κ1) is 14.3. The maximum Gasteiger partial charge on any atom is 0.250 e. The molecule has 1 amide bonds. The normalized spacial score (nSPS) is 20.8. The summed E-state index contributed by atoms with van der Waals surface area (Å²) < 4.78 is 5.44. The Morgan fingerprint density at radius 3 is 2.84 bits per heavy atom. The third-order valence-corrected chi connectivity index (χ3v) is 3.47. The molecule has 19 heavy (non-hydrogen) atoms. The van der Waals surface area contributed by atoms with Crippen molar-refractivity contribution in [1.82, 2.24) is 10.6 Å². The minimum atomic E-state index is -0.393. The molecule has 0 aromatic heterocycles. The second-order valence-corrected chi connectivity index (χ2v) is 5.02. The molecule has 1 aliphatic rings. The molecule has 0 bridgehead atoms. The molecule has 0 saturated carbocycles. The van der Waals surface area contributed by atoms with E-state index in [0.29, 0.717) is 18.2 Å². The van der Waals surface area contributed by atoms with E-state index in [9.17, 15) is 4.79 Å². The van der Waals surface area contributed by atoms with Gasteiger partial charge in [0.2, 0.25) is 0 Å². The number of rotatable bonds is 4. The number of halogens is 1. The molecule has 2 N–H and O–H groups in total. The minimum Gasteiger partial charge on any atom is -0.366 e. The van der Waals surface area contributed by atoms with Gasteiger partial charge in [-0.3, -0.25) is 4.79 Å². The average molecular weight is 283 g/mol. The molecule has 2 rings (SSSR count). The van der Waals surface area contributed by atoms with Crippen LogP contribution in [0.4, 0.5) is 0 Å². The van der Waals surface area contributed by atoms with Gasteiger partial charge in [0.1, 0.15) is 6.10 Å². The van der Waals surface area contributed by atoms with E-state index in [1.54, 1.807) is 0 Å². The third-order valence-electron chi connectivity index (χ3n) is 3.22. The maximum absolute atomic E-state index is 12.1. The van der Waals surface area contributed by atoms with Crippen molar-refractivity contribution >= 4 is 17.5 Å². The molecule has 4 nitrogen and oxygen atoms in total. The lowest BCUT2D eigenvalue weighted by molar-refractivity contribution is -0.135. The summed E-state index contributed by atoms with van der Waals surface area (Å²) in [6.45, 7) is 4.00. The van der Waals surface area contributed by atoms with Gasteiger partial charge in [0, 0.05) is 18.1 Å². The van der Waals surface area contributed by atoms with E-state index in [0.717, 1.165) is 18.5 Å². The van der Waals surface area contributed by atoms with E-state index in [1.807, 2.05) is 31.2 Å². The molecular weight excluding hydrogens is 264 g/mol. The Bertz CT molecular complexity index is 416. The van der Waals surface area contributed by atoms with E-state index in [4.69, 9.17) is 16.3 Å². The Hall–Kier alpha value is -1.10. The SMILES string of the molecule is CCC(NC(=O)C1CNCCO1)c1ccc(Cl)cc1. The first-order chi connectivity index (χ1) is 9.20. The molecule has 1 aliphatic heterocycles. The summed E-state index contributed by atoms with van der Waals surface area (Å²) in [5.74, 6) is -0.0611. The van der Waals surface area contributed by atoms with Crippen LogP contribution in [0.15, 0.2) is 24.3 Å². The second kappa shape index (κ2) is 6.89. The van der Waals surface area contributed by atoms with Gasteiger partial charge in [-0.05, 0) is 24.1 Å². The van der Waals surface area contributed by atoms with Crippen molar-refractivity contribution in [3.05, 3.63) is 34.9 Å². The van der Waals surface area contributed by atoms with E-state index in [-0.39, 0.29) is 11.9 Å². The third kappa shape index (κ3) is 3.93. The number of amides is 1. The second-order valence-electron chi connectivity index (χ2n) is 4.58. The molecular formula is C14H19ClN2O2. The fourth-order valence-electron chi connectivity index (χ4n) is 2.11. The number of ether oxygens (including phenoxy) is 1. The number of morpholine rings is 1. The molecule has 1 fully saturated rings. The molecule has 0 radical (unpaired) electrons. The van der Waals surface area contributed by atoms with Crippen LogP contribution in [0.3, 0.4) is 0 Å². The van der Waals surface area contributed by atoms with Crippen molar-refractivity contribution in [2.75, 3.05) is 19.7 Å². The van der Waals surface area contributed by atoms with Crippen molar-refractivity contribution in [3.8, 4) is 0 Å².